The van der Waals surface area contributed by atoms with E-state index in [1.54, 1.807) is 0 Å². The second kappa shape index (κ2) is 7.23. The first kappa shape index (κ1) is 15.5. The molecule has 1 amide bonds. The molecule has 2 rings (SSSR count). The molecule has 2 aromatic rings. The summed E-state index contributed by atoms with van der Waals surface area (Å²) in [5, 5.41) is 2.80. The van der Waals surface area contributed by atoms with Gasteiger partial charge < -0.3 is 5.32 Å². The van der Waals surface area contributed by atoms with Crippen molar-refractivity contribution in [3.63, 3.8) is 0 Å². The molecule has 0 saturated heterocycles. The fraction of sp³-hybridized carbons (Fsp3) is 0.235. The highest BCUT2D eigenvalue weighted by Gasteiger charge is 2.19. The Morgan fingerprint density at radius 3 is 2.57 bits per heavy atom. The zero-order chi connectivity index (χ0) is 15.2. The number of amides is 1. The van der Waals surface area contributed by atoms with Crippen LogP contribution < -0.4 is 5.32 Å². The summed E-state index contributed by atoms with van der Waals surface area (Å²) in [6, 6.07) is 13.8. The molecule has 0 aliphatic carbocycles. The molecule has 2 nitrogen and oxygen atoms in total. The Kier molecular flexibility index (Phi) is 5.34. The molecule has 0 aromatic heterocycles. The number of hydrogen-bond acceptors (Lipinski definition) is 1. The fourth-order valence-electron chi connectivity index (χ4n) is 2.23. The first-order chi connectivity index (χ1) is 10.1. The molecule has 110 valence electrons. The van der Waals surface area contributed by atoms with Crippen molar-refractivity contribution < 1.29 is 9.18 Å². The first-order valence-electron chi connectivity index (χ1n) is 6.92. The van der Waals surface area contributed by atoms with Crippen LogP contribution in [-0.2, 0) is 4.79 Å². The maximum absolute atomic E-state index is 13.1. The second-order valence-electron chi connectivity index (χ2n) is 4.87. The van der Waals surface area contributed by atoms with Gasteiger partial charge in [-0.15, -0.1) is 0 Å². The molecule has 1 atom stereocenters. The van der Waals surface area contributed by atoms with Gasteiger partial charge in [0.2, 0.25) is 5.91 Å². The maximum Gasteiger partial charge on any atom is 0.231 e. The normalized spacial score (nSPS) is 12.0. The van der Waals surface area contributed by atoms with E-state index in [1.165, 1.54) is 18.2 Å². The Bertz CT molecular complexity index is 615. The molecule has 0 bridgehead atoms. The minimum absolute atomic E-state index is 0.000414. The van der Waals surface area contributed by atoms with Gasteiger partial charge in [0.25, 0.3) is 0 Å². The monoisotopic (exact) mass is 305 g/mol. The molecular formula is C17H17ClFNO. The lowest BCUT2D eigenvalue weighted by Crippen LogP contribution is -2.21. The minimum Gasteiger partial charge on any atom is -0.326 e. The molecule has 0 aliphatic rings. The summed E-state index contributed by atoms with van der Waals surface area (Å²) in [6.07, 6.45) is 1.65. The predicted molar refractivity (Wildman–Crippen MR) is 84.1 cm³/mol. The third-order valence-corrected chi connectivity index (χ3v) is 3.57. The van der Waals surface area contributed by atoms with Gasteiger partial charge in [0.15, 0.2) is 0 Å². The highest BCUT2D eigenvalue weighted by atomic mass is 35.5. The van der Waals surface area contributed by atoms with E-state index in [4.69, 9.17) is 11.6 Å². The van der Waals surface area contributed by atoms with Gasteiger partial charge in [-0.1, -0.05) is 55.3 Å². The highest BCUT2D eigenvalue weighted by molar-refractivity contribution is 6.31. The molecule has 0 unspecified atom stereocenters. The van der Waals surface area contributed by atoms with E-state index in [9.17, 15) is 9.18 Å². The number of halogens is 2. The van der Waals surface area contributed by atoms with Gasteiger partial charge in [0, 0.05) is 5.69 Å². The Morgan fingerprint density at radius 2 is 1.95 bits per heavy atom. The van der Waals surface area contributed by atoms with Crippen LogP contribution in [-0.4, -0.2) is 5.91 Å². The van der Waals surface area contributed by atoms with Crippen molar-refractivity contribution in [1.82, 2.24) is 0 Å². The van der Waals surface area contributed by atoms with Crippen LogP contribution >= 0.6 is 11.6 Å². The summed E-state index contributed by atoms with van der Waals surface area (Å²) in [5.41, 5.74) is 1.48. The fourth-order valence-corrected chi connectivity index (χ4v) is 2.41. The molecule has 2 aromatic carbocycles. The van der Waals surface area contributed by atoms with Crippen molar-refractivity contribution in [3.8, 4) is 0 Å². The third kappa shape index (κ3) is 4.05. The predicted octanol–water partition coefficient (Wildman–Crippen LogP) is 5.00. The average molecular weight is 306 g/mol. The van der Waals surface area contributed by atoms with E-state index in [0.717, 1.165) is 18.4 Å². The van der Waals surface area contributed by atoms with Gasteiger partial charge in [-0.2, -0.15) is 0 Å². The summed E-state index contributed by atoms with van der Waals surface area (Å²) in [4.78, 5) is 12.5. The second-order valence-corrected chi connectivity index (χ2v) is 5.28. The van der Waals surface area contributed by atoms with Gasteiger partial charge in [-0.05, 0) is 30.2 Å². The topological polar surface area (TPSA) is 29.1 Å². The van der Waals surface area contributed by atoms with Gasteiger partial charge in [-0.3, -0.25) is 4.79 Å². The summed E-state index contributed by atoms with van der Waals surface area (Å²) in [5.74, 6) is -0.825. The lowest BCUT2D eigenvalue weighted by atomic mass is 9.93. The quantitative estimate of drug-likeness (QED) is 0.827. The Hall–Kier alpha value is -1.87. The van der Waals surface area contributed by atoms with Crippen molar-refractivity contribution in [2.24, 2.45) is 0 Å². The Labute approximate surface area is 128 Å². The molecular weight excluding hydrogens is 289 g/mol. The van der Waals surface area contributed by atoms with Crippen LogP contribution in [0.3, 0.4) is 0 Å². The van der Waals surface area contributed by atoms with Crippen molar-refractivity contribution in [3.05, 3.63) is 64.9 Å². The van der Waals surface area contributed by atoms with Crippen LogP contribution in [0.25, 0.3) is 0 Å². The Morgan fingerprint density at radius 1 is 1.24 bits per heavy atom. The lowest BCUT2D eigenvalue weighted by Gasteiger charge is -2.16. The summed E-state index contributed by atoms with van der Waals surface area (Å²) >= 11 is 5.73. The van der Waals surface area contributed by atoms with Crippen LogP contribution in [0, 0.1) is 5.82 Å². The van der Waals surface area contributed by atoms with Crippen LogP contribution in [0.5, 0.6) is 0 Å². The highest BCUT2D eigenvalue weighted by Crippen LogP contribution is 2.25. The van der Waals surface area contributed by atoms with Crippen molar-refractivity contribution in [1.29, 1.82) is 0 Å². The van der Waals surface area contributed by atoms with Gasteiger partial charge in [0.1, 0.15) is 5.82 Å². The zero-order valence-electron chi connectivity index (χ0n) is 11.8. The molecule has 0 spiro atoms. The molecule has 0 aliphatic heterocycles. The Balaban J connectivity index is 2.17. The third-order valence-electron chi connectivity index (χ3n) is 3.28. The largest absolute Gasteiger partial charge is 0.326 e. The van der Waals surface area contributed by atoms with Crippen LogP contribution in [0.15, 0.2) is 48.5 Å². The summed E-state index contributed by atoms with van der Waals surface area (Å²) < 4.78 is 13.1. The average Bonchev–Trinajstić information content (AvgIpc) is 2.49. The van der Waals surface area contributed by atoms with E-state index >= 15 is 0 Å². The van der Waals surface area contributed by atoms with Gasteiger partial charge >= 0.3 is 0 Å². The zero-order valence-corrected chi connectivity index (χ0v) is 12.5. The van der Waals surface area contributed by atoms with Crippen LogP contribution in [0.1, 0.15) is 31.2 Å². The maximum atomic E-state index is 13.1. The first-order valence-corrected chi connectivity index (χ1v) is 7.30. The molecule has 21 heavy (non-hydrogen) atoms. The minimum atomic E-state index is -0.497. The summed E-state index contributed by atoms with van der Waals surface area (Å²) in [7, 11) is 0. The number of carbonyl (C=O) groups is 1. The van der Waals surface area contributed by atoms with E-state index in [1.807, 2.05) is 37.3 Å². The van der Waals surface area contributed by atoms with E-state index in [-0.39, 0.29) is 16.8 Å². The van der Waals surface area contributed by atoms with Crippen molar-refractivity contribution >= 4 is 23.2 Å². The molecule has 0 saturated carbocycles. The number of nitrogens with one attached hydrogen (secondary N) is 1. The summed E-state index contributed by atoms with van der Waals surface area (Å²) in [6.45, 7) is 2.04. The number of benzene rings is 2. The van der Waals surface area contributed by atoms with Crippen LogP contribution in [0.2, 0.25) is 5.02 Å². The molecule has 1 N–H and O–H groups in total. The number of anilines is 1. The molecule has 0 radical (unpaired) electrons. The van der Waals surface area contributed by atoms with Gasteiger partial charge in [-0.25, -0.2) is 4.39 Å². The van der Waals surface area contributed by atoms with E-state index in [2.05, 4.69) is 5.32 Å². The van der Waals surface area contributed by atoms with Crippen LogP contribution in [0.4, 0.5) is 10.1 Å². The molecule has 4 heteroatoms. The lowest BCUT2D eigenvalue weighted by molar-refractivity contribution is -0.117. The van der Waals surface area contributed by atoms with E-state index < -0.39 is 5.82 Å². The number of rotatable bonds is 5. The molecule has 0 fully saturated rings. The molecule has 0 heterocycles. The van der Waals surface area contributed by atoms with Gasteiger partial charge in [0.05, 0.1) is 10.9 Å². The number of hydrogen-bond donors (Lipinski definition) is 1. The number of carbonyl (C=O) groups excluding carboxylic acids is 1. The van der Waals surface area contributed by atoms with E-state index in [0.29, 0.717) is 5.69 Å². The van der Waals surface area contributed by atoms with Crippen molar-refractivity contribution in [2.75, 3.05) is 5.32 Å². The van der Waals surface area contributed by atoms with Crippen molar-refractivity contribution in [2.45, 2.75) is 25.7 Å². The SMILES string of the molecule is CCC[C@@H](C(=O)Nc1ccc(F)c(Cl)c1)c1ccccc1. The smallest absolute Gasteiger partial charge is 0.231 e. The standard InChI is InChI=1S/C17H17ClFNO/c1-2-6-14(12-7-4-3-5-8-12)17(21)20-13-9-10-16(19)15(18)11-13/h3-5,7-11,14H,2,6H2,1H3,(H,20,21)/t14-/m1/s1.